The van der Waals surface area contributed by atoms with Crippen LogP contribution in [0.1, 0.15) is 21.5 Å². The molecule has 0 aromatic heterocycles. The van der Waals surface area contributed by atoms with E-state index in [2.05, 4.69) is 5.32 Å². The summed E-state index contributed by atoms with van der Waals surface area (Å²) in [5, 5.41) is 11.8. The highest BCUT2D eigenvalue weighted by molar-refractivity contribution is 6.02. The summed E-state index contributed by atoms with van der Waals surface area (Å²) in [5.74, 6) is -1.02. The topological polar surface area (TPSA) is 75.6 Å². The maximum Gasteiger partial charge on any atom is 0.352 e. The third kappa shape index (κ3) is 5.32. The van der Waals surface area contributed by atoms with Crippen LogP contribution >= 0.6 is 0 Å². The molecule has 0 aliphatic carbocycles. The molecule has 0 saturated heterocycles. The average molecular weight is 373 g/mol. The molecule has 3 rings (SSSR count). The molecule has 28 heavy (non-hydrogen) atoms. The summed E-state index contributed by atoms with van der Waals surface area (Å²) in [4.78, 5) is 23.7. The molecule has 140 valence electrons. The molecule has 0 aliphatic rings. The molecule has 2 N–H and O–H groups in total. The molecule has 0 aliphatic heterocycles. The number of carbonyl (C=O) groups excluding carboxylic acids is 1. The maximum atomic E-state index is 12.2. The van der Waals surface area contributed by atoms with E-state index in [0.717, 1.165) is 5.56 Å². The lowest BCUT2D eigenvalue weighted by atomic mass is 10.1. The lowest BCUT2D eigenvalue weighted by Gasteiger charge is -2.08. The summed E-state index contributed by atoms with van der Waals surface area (Å²) in [6.45, 7) is 0.448. The molecular formula is C23H19NO4. The Balaban J connectivity index is 1.67. The minimum Gasteiger partial charge on any atom is -0.489 e. The van der Waals surface area contributed by atoms with Crippen molar-refractivity contribution < 1.29 is 19.4 Å². The number of amides is 1. The van der Waals surface area contributed by atoms with E-state index >= 15 is 0 Å². The van der Waals surface area contributed by atoms with Crippen molar-refractivity contribution in [3.63, 3.8) is 0 Å². The first kappa shape index (κ1) is 18.9. The normalized spacial score (nSPS) is 10.9. The number of ether oxygens (including phenoxy) is 1. The van der Waals surface area contributed by atoms with Crippen molar-refractivity contribution in [2.45, 2.75) is 6.61 Å². The van der Waals surface area contributed by atoms with E-state index in [1.54, 1.807) is 54.6 Å². The Labute approximate surface area is 162 Å². The zero-order valence-electron chi connectivity index (χ0n) is 15.0. The number of nitrogens with one attached hydrogen (secondary N) is 1. The number of aliphatic carboxylic acids is 1. The highest BCUT2D eigenvalue weighted by atomic mass is 16.5. The zero-order chi connectivity index (χ0) is 19.8. The van der Waals surface area contributed by atoms with Crippen LogP contribution in [-0.4, -0.2) is 17.0 Å². The van der Waals surface area contributed by atoms with Gasteiger partial charge < -0.3 is 15.2 Å². The smallest absolute Gasteiger partial charge is 0.352 e. The zero-order valence-corrected chi connectivity index (χ0v) is 15.0. The van der Waals surface area contributed by atoms with Gasteiger partial charge in [-0.25, -0.2) is 4.79 Å². The number of carbonyl (C=O) groups is 2. The number of rotatable bonds is 7. The molecule has 0 unspecified atom stereocenters. The molecule has 5 heteroatoms. The van der Waals surface area contributed by atoms with Crippen molar-refractivity contribution in [3.8, 4) is 5.75 Å². The van der Waals surface area contributed by atoms with E-state index < -0.39 is 11.9 Å². The Morgan fingerprint density at radius 2 is 1.46 bits per heavy atom. The maximum absolute atomic E-state index is 12.2. The fourth-order valence-corrected chi connectivity index (χ4v) is 2.50. The van der Waals surface area contributed by atoms with Crippen molar-refractivity contribution in [3.05, 3.63) is 107 Å². The molecule has 5 nitrogen and oxygen atoms in total. The molecular weight excluding hydrogens is 354 g/mol. The number of hydrogen-bond acceptors (Lipinski definition) is 3. The summed E-state index contributed by atoms with van der Waals surface area (Å²) < 4.78 is 5.72. The summed E-state index contributed by atoms with van der Waals surface area (Å²) in [6.07, 6.45) is 1.41. The first-order valence-corrected chi connectivity index (χ1v) is 8.70. The third-order valence-corrected chi connectivity index (χ3v) is 3.95. The fraction of sp³-hybridized carbons (Fsp3) is 0.0435. The molecule has 0 atom stereocenters. The van der Waals surface area contributed by atoms with Gasteiger partial charge in [0.05, 0.1) is 0 Å². The number of benzene rings is 3. The van der Waals surface area contributed by atoms with Crippen molar-refractivity contribution in [2.24, 2.45) is 0 Å². The van der Waals surface area contributed by atoms with E-state index in [1.165, 1.54) is 6.08 Å². The third-order valence-electron chi connectivity index (χ3n) is 3.95. The Morgan fingerprint density at radius 1 is 0.857 bits per heavy atom. The van der Waals surface area contributed by atoms with Gasteiger partial charge in [-0.05, 0) is 41.5 Å². The van der Waals surface area contributed by atoms with Crippen LogP contribution in [0.15, 0.2) is 90.6 Å². The summed E-state index contributed by atoms with van der Waals surface area (Å²) in [5.41, 5.74) is 1.88. The number of carboxylic acid groups (broad SMARTS) is 1. The van der Waals surface area contributed by atoms with Crippen LogP contribution in [0.5, 0.6) is 5.75 Å². The minimum atomic E-state index is -1.21. The highest BCUT2D eigenvalue weighted by Gasteiger charge is 2.13. The standard InChI is InChI=1S/C23H19NO4/c25-22(19-9-5-2-6-10-19)24-21(23(26)27)15-17-11-13-20(14-12-17)28-16-18-7-3-1-4-8-18/h1-15H,16H2,(H,24,25)(H,26,27)/b21-15+. The Bertz CT molecular complexity index is 965. The number of hydrogen-bond donors (Lipinski definition) is 2. The average Bonchev–Trinajstić information content (AvgIpc) is 2.74. The Hall–Kier alpha value is -3.86. The molecule has 3 aromatic rings. The van der Waals surface area contributed by atoms with Crippen LogP contribution in [-0.2, 0) is 11.4 Å². The van der Waals surface area contributed by atoms with Gasteiger partial charge in [-0.3, -0.25) is 4.79 Å². The van der Waals surface area contributed by atoms with Crippen LogP contribution in [0.3, 0.4) is 0 Å². The van der Waals surface area contributed by atoms with E-state index in [0.29, 0.717) is 23.5 Å². The van der Waals surface area contributed by atoms with Gasteiger partial charge in [0.15, 0.2) is 0 Å². The van der Waals surface area contributed by atoms with Crippen LogP contribution in [0.2, 0.25) is 0 Å². The quantitative estimate of drug-likeness (QED) is 0.611. The second kappa shape index (κ2) is 9.19. The first-order chi connectivity index (χ1) is 13.6. The Kier molecular flexibility index (Phi) is 6.21. The van der Waals surface area contributed by atoms with Gasteiger partial charge in [-0.15, -0.1) is 0 Å². The largest absolute Gasteiger partial charge is 0.489 e. The van der Waals surface area contributed by atoms with E-state index in [-0.39, 0.29) is 5.70 Å². The van der Waals surface area contributed by atoms with Gasteiger partial charge in [0.25, 0.3) is 5.91 Å². The summed E-state index contributed by atoms with van der Waals surface area (Å²) >= 11 is 0. The molecule has 0 spiro atoms. The summed E-state index contributed by atoms with van der Waals surface area (Å²) in [7, 11) is 0. The van der Waals surface area contributed by atoms with E-state index in [9.17, 15) is 14.7 Å². The van der Waals surface area contributed by atoms with Crippen LogP contribution in [0, 0.1) is 0 Å². The predicted octanol–water partition coefficient (Wildman–Crippen LogP) is 4.12. The van der Waals surface area contributed by atoms with Gasteiger partial charge in [0, 0.05) is 5.56 Å². The Morgan fingerprint density at radius 3 is 2.07 bits per heavy atom. The molecule has 1 amide bonds. The molecule has 0 radical (unpaired) electrons. The molecule has 3 aromatic carbocycles. The van der Waals surface area contributed by atoms with Gasteiger partial charge in [-0.2, -0.15) is 0 Å². The van der Waals surface area contributed by atoms with E-state index in [1.807, 2.05) is 30.3 Å². The van der Waals surface area contributed by atoms with Gasteiger partial charge in [0.2, 0.25) is 0 Å². The van der Waals surface area contributed by atoms with E-state index in [4.69, 9.17) is 4.74 Å². The first-order valence-electron chi connectivity index (χ1n) is 8.70. The summed E-state index contributed by atoms with van der Waals surface area (Å²) in [6, 6.07) is 25.2. The highest BCUT2D eigenvalue weighted by Crippen LogP contribution is 2.16. The number of carboxylic acids is 1. The van der Waals surface area contributed by atoms with Gasteiger partial charge >= 0.3 is 5.97 Å². The lowest BCUT2D eigenvalue weighted by Crippen LogP contribution is -2.27. The molecule has 0 saturated carbocycles. The predicted molar refractivity (Wildman–Crippen MR) is 107 cm³/mol. The van der Waals surface area contributed by atoms with Crippen LogP contribution in [0.4, 0.5) is 0 Å². The second-order valence-electron chi connectivity index (χ2n) is 6.03. The van der Waals surface area contributed by atoms with Gasteiger partial charge in [-0.1, -0.05) is 60.7 Å². The molecule has 0 bridgehead atoms. The second-order valence-corrected chi connectivity index (χ2v) is 6.03. The monoisotopic (exact) mass is 373 g/mol. The minimum absolute atomic E-state index is 0.202. The molecule has 0 heterocycles. The van der Waals surface area contributed by atoms with Crippen molar-refractivity contribution in [1.29, 1.82) is 0 Å². The fourth-order valence-electron chi connectivity index (χ4n) is 2.50. The lowest BCUT2D eigenvalue weighted by molar-refractivity contribution is -0.132. The van der Waals surface area contributed by atoms with Crippen molar-refractivity contribution >= 4 is 18.0 Å². The van der Waals surface area contributed by atoms with Crippen LogP contribution in [0.25, 0.3) is 6.08 Å². The van der Waals surface area contributed by atoms with Crippen molar-refractivity contribution in [2.75, 3.05) is 0 Å². The van der Waals surface area contributed by atoms with Crippen molar-refractivity contribution in [1.82, 2.24) is 5.32 Å². The van der Waals surface area contributed by atoms with Gasteiger partial charge in [0.1, 0.15) is 18.1 Å². The SMILES string of the molecule is O=C(O)/C(=C\c1ccc(OCc2ccccc2)cc1)NC(=O)c1ccccc1. The molecule has 0 fully saturated rings. The van der Waals surface area contributed by atoms with Crippen LogP contribution < -0.4 is 10.1 Å².